The van der Waals surface area contributed by atoms with Crippen LogP contribution in [-0.4, -0.2) is 48.9 Å². The predicted molar refractivity (Wildman–Crippen MR) is 80.4 cm³/mol. The molecule has 2 unspecified atom stereocenters. The highest BCUT2D eigenvalue weighted by molar-refractivity contribution is 5.84. The molecule has 3 N–H and O–H groups in total. The Morgan fingerprint density at radius 1 is 1.38 bits per heavy atom. The molecule has 0 saturated heterocycles. The lowest BCUT2D eigenvalue weighted by molar-refractivity contribution is 0.0278. The lowest BCUT2D eigenvalue weighted by Crippen LogP contribution is -2.43. The second-order valence-corrected chi connectivity index (χ2v) is 5.86. The number of aromatic nitrogens is 4. The molecule has 1 aliphatic rings. The maximum atomic E-state index is 10.1. The lowest BCUT2D eigenvalue weighted by atomic mass is 9.91. The van der Waals surface area contributed by atoms with Crippen LogP contribution in [0.4, 0.5) is 5.82 Å². The van der Waals surface area contributed by atoms with Crippen LogP contribution in [0.2, 0.25) is 0 Å². The van der Waals surface area contributed by atoms with Gasteiger partial charge in [-0.25, -0.2) is 9.97 Å². The molecule has 0 bridgehead atoms. The predicted octanol–water partition coefficient (Wildman–Crippen LogP) is 0.681. The minimum atomic E-state index is -0.262. The molecule has 7 nitrogen and oxygen atoms in total. The van der Waals surface area contributed by atoms with Crippen LogP contribution in [0.25, 0.3) is 11.0 Å². The number of nitrogen functional groups attached to an aromatic ring is 1. The molecule has 2 aromatic rings. The third-order valence-corrected chi connectivity index (χ3v) is 4.32. The summed E-state index contributed by atoms with van der Waals surface area (Å²) in [6, 6.07) is 0.172. The van der Waals surface area contributed by atoms with Crippen LogP contribution in [0.15, 0.2) is 6.20 Å². The van der Waals surface area contributed by atoms with E-state index in [0.717, 1.165) is 36.7 Å². The van der Waals surface area contributed by atoms with Gasteiger partial charge in [0.2, 0.25) is 0 Å². The van der Waals surface area contributed by atoms with Crippen molar-refractivity contribution in [1.82, 2.24) is 24.6 Å². The molecule has 7 heteroatoms. The van der Waals surface area contributed by atoms with E-state index in [1.54, 1.807) is 10.9 Å². The number of aliphatic hydroxyl groups excluding tert-OH is 1. The Labute approximate surface area is 123 Å². The Hall–Kier alpha value is -1.73. The summed E-state index contributed by atoms with van der Waals surface area (Å²) in [5, 5.41) is 15.1. The summed E-state index contributed by atoms with van der Waals surface area (Å²) in [6.45, 7) is 0.576. The number of anilines is 1. The van der Waals surface area contributed by atoms with Gasteiger partial charge >= 0.3 is 0 Å². The number of nitrogens with two attached hydrogens (primary N) is 1. The molecule has 0 radical (unpaired) electrons. The summed E-state index contributed by atoms with van der Waals surface area (Å²) < 4.78 is 1.70. The average molecular weight is 290 g/mol. The third kappa shape index (κ3) is 2.71. The molecule has 1 aliphatic carbocycles. The zero-order valence-corrected chi connectivity index (χ0v) is 12.5. The topological polar surface area (TPSA) is 93.1 Å². The monoisotopic (exact) mass is 290 g/mol. The number of rotatable bonds is 3. The van der Waals surface area contributed by atoms with Crippen LogP contribution in [0.5, 0.6) is 0 Å². The van der Waals surface area contributed by atoms with Gasteiger partial charge in [0.15, 0.2) is 5.65 Å². The molecular formula is C14H22N6O. The van der Waals surface area contributed by atoms with Crippen molar-refractivity contribution in [3.8, 4) is 0 Å². The molecule has 0 aliphatic heterocycles. The molecular weight excluding hydrogens is 268 g/mol. The number of aryl methyl sites for hydroxylation is 1. The molecule has 2 atom stereocenters. The standard InChI is InChI=1S/C14H22N6O/c1-19(10-5-3-4-6-11(10)21)8-12-17-13(15)9-7-16-20(2)14(9)18-12/h7,10-11,21H,3-6,8H2,1-2H3,(H2,15,17,18). The molecule has 1 fully saturated rings. The van der Waals surface area contributed by atoms with Gasteiger partial charge in [0.25, 0.3) is 0 Å². The summed E-state index contributed by atoms with van der Waals surface area (Å²) in [4.78, 5) is 11.0. The number of hydrogen-bond donors (Lipinski definition) is 2. The van der Waals surface area contributed by atoms with Crippen LogP contribution >= 0.6 is 0 Å². The molecule has 21 heavy (non-hydrogen) atoms. The van der Waals surface area contributed by atoms with Gasteiger partial charge in [0.1, 0.15) is 11.6 Å². The van der Waals surface area contributed by atoms with Gasteiger partial charge in [-0.05, 0) is 19.9 Å². The van der Waals surface area contributed by atoms with Crippen molar-refractivity contribution in [2.45, 2.75) is 44.4 Å². The highest BCUT2D eigenvalue weighted by atomic mass is 16.3. The van der Waals surface area contributed by atoms with Crippen molar-refractivity contribution in [3.05, 3.63) is 12.0 Å². The number of aliphatic hydroxyl groups is 1. The SMILES string of the molecule is CN(Cc1nc(N)c2cnn(C)c2n1)C1CCCCC1O. The Morgan fingerprint density at radius 2 is 2.14 bits per heavy atom. The summed E-state index contributed by atoms with van der Waals surface area (Å²) in [5.41, 5.74) is 6.72. The van der Waals surface area contributed by atoms with Crippen molar-refractivity contribution in [2.24, 2.45) is 7.05 Å². The molecule has 1 saturated carbocycles. The van der Waals surface area contributed by atoms with Crippen LogP contribution in [-0.2, 0) is 13.6 Å². The molecule has 0 spiro atoms. The largest absolute Gasteiger partial charge is 0.391 e. The van der Waals surface area contributed by atoms with Gasteiger partial charge in [-0.1, -0.05) is 12.8 Å². The maximum Gasteiger partial charge on any atom is 0.163 e. The molecule has 2 aromatic heterocycles. The van der Waals surface area contributed by atoms with Crippen molar-refractivity contribution in [2.75, 3.05) is 12.8 Å². The van der Waals surface area contributed by atoms with Crippen LogP contribution in [0.1, 0.15) is 31.5 Å². The average Bonchev–Trinajstić information content (AvgIpc) is 2.81. The van der Waals surface area contributed by atoms with Gasteiger partial charge < -0.3 is 10.8 Å². The van der Waals surface area contributed by atoms with E-state index in [0.29, 0.717) is 18.2 Å². The molecule has 2 heterocycles. The van der Waals surface area contributed by atoms with E-state index in [-0.39, 0.29) is 12.1 Å². The Kier molecular flexibility index (Phi) is 3.77. The highest BCUT2D eigenvalue weighted by Gasteiger charge is 2.27. The smallest absolute Gasteiger partial charge is 0.163 e. The highest BCUT2D eigenvalue weighted by Crippen LogP contribution is 2.24. The fraction of sp³-hybridized carbons (Fsp3) is 0.643. The van der Waals surface area contributed by atoms with Crippen molar-refractivity contribution in [1.29, 1.82) is 0 Å². The van der Waals surface area contributed by atoms with E-state index >= 15 is 0 Å². The lowest BCUT2D eigenvalue weighted by Gasteiger charge is -2.34. The maximum absolute atomic E-state index is 10.1. The first kappa shape index (κ1) is 14.2. The summed E-state index contributed by atoms with van der Waals surface area (Å²) in [7, 11) is 3.85. The second-order valence-electron chi connectivity index (χ2n) is 5.86. The number of likely N-dealkylation sites (N-methyl/N-ethyl adjacent to an activating group) is 1. The minimum absolute atomic E-state index is 0.172. The normalized spacial score (nSPS) is 23.0. The molecule has 3 rings (SSSR count). The van der Waals surface area contributed by atoms with E-state index in [9.17, 15) is 5.11 Å². The fourth-order valence-corrected chi connectivity index (χ4v) is 3.11. The van der Waals surface area contributed by atoms with Gasteiger partial charge in [-0.3, -0.25) is 9.58 Å². The number of fused-ring (bicyclic) bond motifs is 1. The van der Waals surface area contributed by atoms with Crippen molar-refractivity contribution >= 4 is 16.9 Å². The Balaban J connectivity index is 1.82. The molecule has 0 amide bonds. The summed E-state index contributed by atoms with van der Waals surface area (Å²) >= 11 is 0. The zero-order valence-electron chi connectivity index (χ0n) is 12.5. The molecule has 0 aromatic carbocycles. The van der Waals surface area contributed by atoms with E-state index < -0.39 is 0 Å². The van der Waals surface area contributed by atoms with Gasteiger partial charge in [-0.15, -0.1) is 0 Å². The van der Waals surface area contributed by atoms with Crippen LogP contribution in [0.3, 0.4) is 0 Å². The Morgan fingerprint density at radius 3 is 2.90 bits per heavy atom. The molecule has 114 valence electrons. The van der Waals surface area contributed by atoms with Gasteiger partial charge in [0.05, 0.1) is 24.2 Å². The first-order valence-electron chi connectivity index (χ1n) is 7.38. The van der Waals surface area contributed by atoms with E-state index in [4.69, 9.17) is 5.73 Å². The van der Waals surface area contributed by atoms with Gasteiger partial charge in [0, 0.05) is 13.1 Å². The van der Waals surface area contributed by atoms with Crippen molar-refractivity contribution in [3.63, 3.8) is 0 Å². The van der Waals surface area contributed by atoms with E-state index in [2.05, 4.69) is 20.0 Å². The first-order valence-corrected chi connectivity index (χ1v) is 7.38. The fourth-order valence-electron chi connectivity index (χ4n) is 3.11. The summed E-state index contributed by atoms with van der Waals surface area (Å²) in [5.74, 6) is 1.13. The minimum Gasteiger partial charge on any atom is -0.391 e. The quantitative estimate of drug-likeness (QED) is 0.863. The zero-order chi connectivity index (χ0) is 15.0. The number of nitrogens with zero attached hydrogens (tertiary/aromatic N) is 5. The van der Waals surface area contributed by atoms with E-state index in [1.807, 2.05) is 14.1 Å². The van der Waals surface area contributed by atoms with Gasteiger partial charge in [-0.2, -0.15) is 5.10 Å². The van der Waals surface area contributed by atoms with Crippen molar-refractivity contribution < 1.29 is 5.11 Å². The number of hydrogen-bond acceptors (Lipinski definition) is 6. The van der Waals surface area contributed by atoms with Crippen LogP contribution in [0, 0.1) is 0 Å². The van der Waals surface area contributed by atoms with E-state index in [1.165, 1.54) is 0 Å². The van der Waals surface area contributed by atoms with Crippen LogP contribution < -0.4 is 5.73 Å². The second kappa shape index (κ2) is 5.57. The summed E-state index contributed by atoms with van der Waals surface area (Å²) in [6.07, 6.45) is 5.58. The first-order chi connectivity index (χ1) is 10.1. The third-order valence-electron chi connectivity index (χ3n) is 4.32. The Bertz CT molecular complexity index is 640.